The van der Waals surface area contributed by atoms with Gasteiger partial charge in [0.1, 0.15) is 17.5 Å². The minimum Gasteiger partial charge on any atom is -0.352 e. The third-order valence-corrected chi connectivity index (χ3v) is 5.98. The highest BCUT2D eigenvalue weighted by molar-refractivity contribution is 6.30. The van der Waals surface area contributed by atoms with Crippen molar-refractivity contribution in [3.63, 3.8) is 0 Å². The van der Waals surface area contributed by atoms with Crippen LogP contribution < -0.4 is 10.5 Å². The maximum absolute atomic E-state index is 14.9. The number of halogens is 2. The Bertz CT molecular complexity index is 1400. The first-order valence-electron chi connectivity index (χ1n) is 9.94. The van der Waals surface area contributed by atoms with Gasteiger partial charge in [-0.05, 0) is 36.8 Å². The predicted octanol–water partition coefficient (Wildman–Crippen LogP) is 4.05. The van der Waals surface area contributed by atoms with Crippen molar-refractivity contribution >= 4 is 28.3 Å². The van der Waals surface area contributed by atoms with Crippen LogP contribution in [0, 0.1) is 12.7 Å². The van der Waals surface area contributed by atoms with Gasteiger partial charge < -0.3 is 4.90 Å². The van der Waals surface area contributed by atoms with Crippen molar-refractivity contribution in [2.24, 2.45) is 7.05 Å². The maximum atomic E-state index is 14.9. The number of nitrogens with zero attached hydrogens (tertiary/aromatic N) is 5. The van der Waals surface area contributed by atoms with Crippen molar-refractivity contribution < 1.29 is 4.39 Å². The minimum atomic E-state index is -0.533. The monoisotopic (exact) mass is 435 g/mol. The second kappa shape index (κ2) is 7.42. The van der Waals surface area contributed by atoms with E-state index >= 15 is 0 Å². The molecule has 31 heavy (non-hydrogen) atoms. The SMILES string of the molecule is Cc1nc2cc(N3CCc4ncccc4C3)nc(-c3ccc(Cl)cc3F)c2c(=O)n1C. The number of benzene rings is 1. The standard InChI is InChI=1S/C23H19ClFN5O/c1-13-27-19-11-20(30-9-7-18-14(12-30)4-3-8-26-18)28-22(21(19)23(31)29(13)2)16-6-5-15(24)10-17(16)25/h3-6,8,10-11H,7,9,12H2,1-2H3. The maximum Gasteiger partial charge on any atom is 0.263 e. The Morgan fingerprint density at radius 1 is 1.16 bits per heavy atom. The van der Waals surface area contributed by atoms with Crippen LogP contribution in [0.3, 0.4) is 0 Å². The number of anilines is 1. The van der Waals surface area contributed by atoms with Gasteiger partial charge in [-0.2, -0.15) is 0 Å². The second-order valence-corrected chi connectivity index (χ2v) is 8.09. The fraction of sp³-hybridized carbons (Fsp3) is 0.217. The topological polar surface area (TPSA) is 63.9 Å². The van der Waals surface area contributed by atoms with Crippen LogP contribution in [0.2, 0.25) is 5.02 Å². The summed E-state index contributed by atoms with van der Waals surface area (Å²) in [5, 5.41) is 0.570. The molecule has 0 amide bonds. The van der Waals surface area contributed by atoms with Gasteiger partial charge in [-0.1, -0.05) is 17.7 Å². The zero-order valence-corrected chi connectivity index (χ0v) is 17.8. The van der Waals surface area contributed by atoms with Gasteiger partial charge >= 0.3 is 0 Å². The molecule has 4 heterocycles. The van der Waals surface area contributed by atoms with E-state index in [1.807, 2.05) is 18.2 Å². The lowest BCUT2D eigenvalue weighted by Crippen LogP contribution is -2.32. The van der Waals surface area contributed by atoms with Gasteiger partial charge in [-0.25, -0.2) is 14.4 Å². The summed E-state index contributed by atoms with van der Waals surface area (Å²) in [5.74, 6) is 0.686. The van der Waals surface area contributed by atoms with E-state index in [1.54, 1.807) is 32.3 Å². The summed E-state index contributed by atoms with van der Waals surface area (Å²) in [4.78, 5) is 29.0. The van der Waals surface area contributed by atoms with Crippen LogP contribution in [-0.4, -0.2) is 26.1 Å². The van der Waals surface area contributed by atoms with Crippen molar-refractivity contribution in [3.05, 3.63) is 80.9 Å². The molecule has 0 spiro atoms. The fourth-order valence-electron chi connectivity index (χ4n) is 3.98. The van der Waals surface area contributed by atoms with E-state index in [4.69, 9.17) is 16.6 Å². The Morgan fingerprint density at radius 2 is 2.00 bits per heavy atom. The highest BCUT2D eigenvalue weighted by Gasteiger charge is 2.23. The smallest absolute Gasteiger partial charge is 0.263 e. The molecule has 1 aliphatic heterocycles. The van der Waals surface area contributed by atoms with Crippen LogP contribution in [0.1, 0.15) is 17.1 Å². The Hall–Kier alpha value is -3.32. The molecule has 1 aliphatic rings. The summed E-state index contributed by atoms with van der Waals surface area (Å²) >= 11 is 5.95. The molecule has 3 aromatic heterocycles. The molecule has 0 N–H and O–H groups in total. The first kappa shape index (κ1) is 19.6. The van der Waals surface area contributed by atoms with Gasteiger partial charge in [0.2, 0.25) is 0 Å². The van der Waals surface area contributed by atoms with Crippen molar-refractivity contribution in [2.75, 3.05) is 11.4 Å². The normalized spacial score (nSPS) is 13.5. The lowest BCUT2D eigenvalue weighted by atomic mass is 10.0. The lowest BCUT2D eigenvalue weighted by Gasteiger charge is -2.29. The minimum absolute atomic E-state index is 0.220. The van der Waals surface area contributed by atoms with E-state index in [2.05, 4.69) is 14.9 Å². The Labute approximate surface area is 183 Å². The number of hydrogen-bond donors (Lipinski definition) is 0. The molecule has 5 rings (SSSR count). The molecule has 0 radical (unpaired) electrons. The molecule has 0 saturated heterocycles. The van der Waals surface area contributed by atoms with Crippen LogP contribution in [0.5, 0.6) is 0 Å². The molecule has 0 aliphatic carbocycles. The summed E-state index contributed by atoms with van der Waals surface area (Å²) in [6.07, 6.45) is 2.58. The third-order valence-electron chi connectivity index (χ3n) is 5.75. The summed E-state index contributed by atoms with van der Waals surface area (Å²) in [6, 6.07) is 10.1. The molecule has 1 aromatic carbocycles. The Balaban J connectivity index is 1.75. The summed E-state index contributed by atoms with van der Waals surface area (Å²) in [7, 11) is 1.65. The Kier molecular flexibility index (Phi) is 4.70. The first-order chi connectivity index (χ1) is 14.9. The summed E-state index contributed by atoms with van der Waals surface area (Å²) in [6.45, 7) is 3.12. The number of fused-ring (bicyclic) bond motifs is 2. The van der Waals surface area contributed by atoms with E-state index in [1.165, 1.54) is 10.6 Å². The van der Waals surface area contributed by atoms with Crippen molar-refractivity contribution in [1.82, 2.24) is 19.5 Å². The van der Waals surface area contributed by atoms with Gasteiger partial charge in [-0.15, -0.1) is 0 Å². The van der Waals surface area contributed by atoms with Gasteiger partial charge in [0.05, 0.1) is 16.6 Å². The average molecular weight is 436 g/mol. The van der Waals surface area contributed by atoms with E-state index in [0.717, 1.165) is 24.2 Å². The van der Waals surface area contributed by atoms with Crippen molar-refractivity contribution in [2.45, 2.75) is 19.9 Å². The highest BCUT2D eigenvalue weighted by Crippen LogP contribution is 2.32. The molecular weight excluding hydrogens is 417 g/mol. The third kappa shape index (κ3) is 3.35. The van der Waals surface area contributed by atoms with Gasteiger partial charge in [0.15, 0.2) is 0 Å². The van der Waals surface area contributed by atoms with Crippen molar-refractivity contribution in [3.8, 4) is 11.3 Å². The van der Waals surface area contributed by atoms with E-state index in [9.17, 15) is 9.18 Å². The van der Waals surface area contributed by atoms with Gasteiger partial charge in [0.25, 0.3) is 5.56 Å². The summed E-state index contributed by atoms with van der Waals surface area (Å²) < 4.78 is 16.3. The fourth-order valence-corrected chi connectivity index (χ4v) is 4.14. The first-order valence-corrected chi connectivity index (χ1v) is 10.3. The van der Waals surface area contributed by atoms with Crippen LogP contribution in [0.4, 0.5) is 10.2 Å². The molecule has 0 saturated carbocycles. The quantitative estimate of drug-likeness (QED) is 0.475. The lowest BCUT2D eigenvalue weighted by molar-refractivity contribution is 0.631. The number of aromatic nitrogens is 4. The number of hydrogen-bond acceptors (Lipinski definition) is 5. The molecule has 0 bridgehead atoms. The van der Waals surface area contributed by atoms with E-state index < -0.39 is 5.82 Å². The van der Waals surface area contributed by atoms with Crippen LogP contribution >= 0.6 is 11.6 Å². The Morgan fingerprint density at radius 3 is 2.81 bits per heavy atom. The van der Waals surface area contributed by atoms with E-state index in [-0.39, 0.29) is 27.2 Å². The molecule has 8 heteroatoms. The van der Waals surface area contributed by atoms with Crippen LogP contribution in [0.25, 0.3) is 22.2 Å². The van der Waals surface area contributed by atoms with E-state index in [0.29, 0.717) is 23.7 Å². The van der Waals surface area contributed by atoms with Crippen LogP contribution in [0.15, 0.2) is 47.4 Å². The van der Waals surface area contributed by atoms with Gasteiger partial charge in [-0.3, -0.25) is 14.3 Å². The zero-order valence-electron chi connectivity index (χ0n) is 17.1. The molecular formula is C23H19ClFN5O. The largest absolute Gasteiger partial charge is 0.352 e. The number of pyridine rings is 2. The molecule has 0 unspecified atom stereocenters. The van der Waals surface area contributed by atoms with Crippen molar-refractivity contribution in [1.29, 1.82) is 0 Å². The molecule has 6 nitrogen and oxygen atoms in total. The predicted molar refractivity (Wildman–Crippen MR) is 119 cm³/mol. The number of rotatable bonds is 2. The average Bonchev–Trinajstić information content (AvgIpc) is 2.76. The molecule has 0 fully saturated rings. The molecule has 156 valence electrons. The molecule has 0 atom stereocenters. The zero-order chi connectivity index (χ0) is 21.7. The molecule has 4 aromatic rings. The summed E-state index contributed by atoms with van der Waals surface area (Å²) in [5.41, 5.74) is 2.92. The second-order valence-electron chi connectivity index (χ2n) is 7.65. The number of aryl methyl sites for hydroxylation is 1. The van der Waals surface area contributed by atoms with Crippen LogP contribution in [-0.2, 0) is 20.0 Å². The highest BCUT2D eigenvalue weighted by atomic mass is 35.5. The van der Waals surface area contributed by atoms with Gasteiger partial charge in [0, 0.05) is 55.1 Å².